The van der Waals surface area contributed by atoms with Crippen LogP contribution in [0.5, 0.6) is 0 Å². The van der Waals surface area contributed by atoms with Crippen LogP contribution in [0.4, 0.5) is 0 Å². The average Bonchev–Trinajstić information content (AvgIpc) is 2.37. The summed E-state index contributed by atoms with van der Waals surface area (Å²) in [5.41, 5.74) is 0.622. The zero-order valence-corrected chi connectivity index (χ0v) is 7.46. The van der Waals surface area contributed by atoms with Crippen LogP contribution >= 0.6 is 11.1 Å². The second kappa shape index (κ2) is 3.23. The molecule has 0 aromatic heterocycles. The highest BCUT2D eigenvalue weighted by Crippen LogP contribution is 2.23. The number of hydrogen-bond donors (Lipinski definition) is 0. The molecule has 0 saturated carbocycles. The van der Waals surface area contributed by atoms with Gasteiger partial charge >= 0.3 is 0 Å². The van der Waals surface area contributed by atoms with Crippen molar-refractivity contribution in [2.45, 2.75) is 18.5 Å². The normalized spacial score (nSPS) is 21.1. The van der Waals surface area contributed by atoms with E-state index in [0.29, 0.717) is 5.54 Å². The van der Waals surface area contributed by atoms with E-state index in [4.69, 9.17) is 11.1 Å². The second-order valence-electron chi connectivity index (χ2n) is 2.27. The Morgan fingerprint density at radius 3 is 2.44 bits per heavy atom. The molecule has 9 heavy (non-hydrogen) atoms. The fraction of sp³-hybridized carbons (Fsp3) is 0.429. The van der Waals surface area contributed by atoms with E-state index in [-0.39, 0.29) is 0 Å². The molecule has 0 N–H and O–H groups in total. The van der Waals surface area contributed by atoms with Crippen molar-refractivity contribution in [1.82, 2.24) is 0 Å². The first-order chi connectivity index (χ1) is 4.34. The van der Waals surface area contributed by atoms with Crippen LogP contribution in [0.1, 0.15) is 6.92 Å². The fourth-order valence-corrected chi connectivity index (χ4v) is 2.75. The summed E-state index contributed by atoms with van der Waals surface area (Å²) in [5, 5.41) is 0. The Hall–Kier alpha value is -0.0131. The summed E-state index contributed by atoms with van der Waals surface area (Å²) in [7, 11) is -0.935. The molecular formula is C7H11ClSi. The second-order valence-corrected chi connectivity index (χ2v) is 6.57. The van der Waals surface area contributed by atoms with E-state index in [1.165, 1.54) is 6.04 Å². The molecule has 0 fully saturated rings. The number of halogens is 1. The van der Waals surface area contributed by atoms with Crippen molar-refractivity contribution in [3.63, 3.8) is 0 Å². The molecule has 0 bridgehead atoms. The molecule has 1 aliphatic rings. The summed E-state index contributed by atoms with van der Waals surface area (Å²) in [5.74, 6) is 0. The van der Waals surface area contributed by atoms with Gasteiger partial charge in [0.15, 0.2) is 8.11 Å². The first kappa shape index (κ1) is 7.10. The Morgan fingerprint density at radius 2 is 2.00 bits per heavy atom. The van der Waals surface area contributed by atoms with Gasteiger partial charge in [-0.25, -0.2) is 0 Å². The molecule has 1 unspecified atom stereocenters. The molecule has 0 aliphatic heterocycles. The third-order valence-electron chi connectivity index (χ3n) is 1.59. The molecule has 1 atom stereocenters. The minimum absolute atomic E-state index is 0.622. The summed E-state index contributed by atoms with van der Waals surface area (Å²) in [6.45, 7) is 2.17. The van der Waals surface area contributed by atoms with Gasteiger partial charge in [-0.2, -0.15) is 11.1 Å². The summed E-state index contributed by atoms with van der Waals surface area (Å²) in [4.78, 5) is 0. The lowest BCUT2D eigenvalue weighted by Crippen LogP contribution is -2.06. The predicted molar refractivity (Wildman–Crippen MR) is 45.5 cm³/mol. The molecule has 0 heterocycles. The zero-order chi connectivity index (χ0) is 6.69. The molecular weight excluding hydrogens is 148 g/mol. The van der Waals surface area contributed by atoms with Crippen molar-refractivity contribution in [2.75, 3.05) is 0 Å². The standard InChI is InChI=1S/C7H11ClSi/c1-2-9(8)7-5-3-4-6-7/h3-7,9H,2H2,1H3. The predicted octanol–water partition coefficient (Wildman–Crippen LogP) is 2.47. The largest absolute Gasteiger partial charge is 0.171 e. The van der Waals surface area contributed by atoms with Crippen molar-refractivity contribution >= 4 is 19.2 Å². The molecule has 0 spiro atoms. The molecule has 50 valence electrons. The molecule has 1 aliphatic carbocycles. The first-order valence-corrected chi connectivity index (χ1v) is 6.56. The first-order valence-electron chi connectivity index (χ1n) is 3.33. The monoisotopic (exact) mass is 158 g/mol. The molecule has 0 amide bonds. The topological polar surface area (TPSA) is 0 Å². The molecule has 0 nitrogen and oxygen atoms in total. The number of allylic oxidation sites excluding steroid dienone is 4. The zero-order valence-electron chi connectivity index (χ0n) is 5.55. The van der Waals surface area contributed by atoms with Crippen LogP contribution in [0.15, 0.2) is 24.3 Å². The van der Waals surface area contributed by atoms with Crippen LogP contribution < -0.4 is 0 Å². The maximum Gasteiger partial charge on any atom is 0.151 e. The summed E-state index contributed by atoms with van der Waals surface area (Å²) < 4.78 is 0. The lowest BCUT2D eigenvalue weighted by Gasteiger charge is -2.07. The van der Waals surface area contributed by atoms with Crippen LogP contribution in [0.25, 0.3) is 0 Å². The quantitative estimate of drug-likeness (QED) is 0.428. The van der Waals surface area contributed by atoms with Gasteiger partial charge in [-0.3, -0.25) is 0 Å². The summed E-state index contributed by atoms with van der Waals surface area (Å²) >= 11 is 6.11. The van der Waals surface area contributed by atoms with Crippen LogP contribution in [-0.4, -0.2) is 8.11 Å². The van der Waals surface area contributed by atoms with Gasteiger partial charge in [-0.05, 0) is 6.04 Å². The lowest BCUT2D eigenvalue weighted by molar-refractivity contribution is 1.31. The van der Waals surface area contributed by atoms with E-state index in [1.807, 2.05) is 0 Å². The van der Waals surface area contributed by atoms with Crippen LogP contribution in [-0.2, 0) is 0 Å². The SMILES string of the molecule is CC[SiH](Cl)C1C=CC=C1. The third-order valence-corrected chi connectivity index (χ3v) is 5.44. The van der Waals surface area contributed by atoms with E-state index in [0.717, 1.165) is 0 Å². The maximum atomic E-state index is 6.11. The van der Waals surface area contributed by atoms with Crippen LogP contribution in [0.3, 0.4) is 0 Å². The van der Waals surface area contributed by atoms with Crippen molar-refractivity contribution in [3.8, 4) is 0 Å². The fourth-order valence-electron chi connectivity index (χ4n) is 0.962. The molecule has 0 saturated heterocycles. The highest BCUT2D eigenvalue weighted by atomic mass is 35.6. The minimum Gasteiger partial charge on any atom is -0.171 e. The van der Waals surface area contributed by atoms with Crippen molar-refractivity contribution < 1.29 is 0 Å². The molecule has 2 heteroatoms. The van der Waals surface area contributed by atoms with Crippen molar-refractivity contribution in [2.24, 2.45) is 0 Å². The molecule has 0 aromatic carbocycles. The Bertz CT molecular complexity index is 128. The van der Waals surface area contributed by atoms with Crippen molar-refractivity contribution in [3.05, 3.63) is 24.3 Å². The number of hydrogen-bond acceptors (Lipinski definition) is 0. The highest BCUT2D eigenvalue weighted by molar-refractivity contribution is 7.08. The lowest BCUT2D eigenvalue weighted by atomic mass is 10.5. The maximum absolute atomic E-state index is 6.11. The Labute approximate surface area is 62.5 Å². The molecule has 0 aromatic rings. The smallest absolute Gasteiger partial charge is 0.151 e. The van der Waals surface area contributed by atoms with Gasteiger partial charge in [0.2, 0.25) is 0 Å². The Balaban J connectivity index is 2.43. The van der Waals surface area contributed by atoms with Gasteiger partial charge in [0.25, 0.3) is 0 Å². The summed E-state index contributed by atoms with van der Waals surface area (Å²) in [6, 6.07) is 1.18. The van der Waals surface area contributed by atoms with E-state index in [2.05, 4.69) is 31.2 Å². The van der Waals surface area contributed by atoms with E-state index in [9.17, 15) is 0 Å². The van der Waals surface area contributed by atoms with Gasteiger partial charge in [-0.1, -0.05) is 31.2 Å². The average molecular weight is 159 g/mol. The van der Waals surface area contributed by atoms with E-state index < -0.39 is 8.11 Å². The molecule has 0 radical (unpaired) electrons. The van der Waals surface area contributed by atoms with Gasteiger partial charge in [0.1, 0.15) is 0 Å². The Kier molecular flexibility index (Phi) is 2.55. The van der Waals surface area contributed by atoms with Gasteiger partial charge in [-0.15, -0.1) is 0 Å². The van der Waals surface area contributed by atoms with Gasteiger partial charge in [0, 0.05) is 5.54 Å². The van der Waals surface area contributed by atoms with Gasteiger partial charge in [0.05, 0.1) is 0 Å². The molecule has 1 rings (SSSR count). The highest BCUT2D eigenvalue weighted by Gasteiger charge is 2.14. The minimum atomic E-state index is -0.935. The van der Waals surface area contributed by atoms with Crippen LogP contribution in [0, 0.1) is 0 Å². The van der Waals surface area contributed by atoms with E-state index in [1.54, 1.807) is 0 Å². The van der Waals surface area contributed by atoms with Crippen molar-refractivity contribution in [1.29, 1.82) is 0 Å². The summed E-state index contributed by atoms with van der Waals surface area (Å²) in [6.07, 6.45) is 8.58. The third kappa shape index (κ3) is 1.70. The number of rotatable bonds is 2. The Morgan fingerprint density at radius 1 is 1.44 bits per heavy atom. The van der Waals surface area contributed by atoms with Gasteiger partial charge < -0.3 is 0 Å². The van der Waals surface area contributed by atoms with Crippen LogP contribution in [0.2, 0.25) is 11.6 Å². The van der Waals surface area contributed by atoms with E-state index >= 15 is 0 Å².